The maximum atomic E-state index is 12.2. The molecule has 0 saturated carbocycles. The molecule has 2 heterocycles. The molecule has 7 nitrogen and oxygen atoms in total. The van der Waals surface area contributed by atoms with Crippen LogP contribution in [0, 0.1) is 0 Å². The van der Waals surface area contributed by atoms with Gasteiger partial charge in [-0.2, -0.15) is 0 Å². The number of ether oxygens (including phenoxy) is 2. The standard InChI is InChI=1S/C29H33N3O4/c1-21(33)36-27-12-11-22(19-28(27)35-2)7-3-6-10-29(34)30-15-18-32-16-13-23(14-17-32)25-20-31-26-9-5-4-8-24(25)26/h3-12,19-20,23,31H,13-18H2,1-2H3,(H,30,34)/b7-3+,10-6+. The van der Waals surface area contributed by atoms with Crippen molar-refractivity contribution >= 4 is 28.9 Å². The molecule has 36 heavy (non-hydrogen) atoms. The molecule has 7 heteroatoms. The topological polar surface area (TPSA) is 83.7 Å². The minimum Gasteiger partial charge on any atom is -0.493 e. The molecule has 188 valence electrons. The van der Waals surface area contributed by atoms with Crippen LogP contribution >= 0.6 is 0 Å². The number of carbonyl (C=O) groups excluding carboxylic acids is 2. The Morgan fingerprint density at radius 3 is 2.69 bits per heavy atom. The third-order valence-corrected chi connectivity index (χ3v) is 6.46. The van der Waals surface area contributed by atoms with Gasteiger partial charge in [-0.15, -0.1) is 0 Å². The van der Waals surface area contributed by atoms with Crippen LogP contribution < -0.4 is 14.8 Å². The summed E-state index contributed by atoms with van der Waals surface area (Å²) in [6.07, 6.45) is 11.3. The first kappa shape index (κ1) is 25.3. The highest BCUT2D eigenvalue weighted by molar-refractivity contribution is 5.88. The maximum Gasteiger partial charge on any atom is 0.308 e. The molecule has 2 N–H and O–H groups in total. The zero-order valence-electron chi connectivity index (χ0n) is 20.8. The number of aromatic nitrogens is 1. The van der Waals surface area contributed by atoms with Crippen LogP contribution in [0.5, 0.6) is 11.5 Å². The monoisotopic (exact) mass is 487 g/mol. The fourth-order valence-corrected chi connectivity index (χ4v) is 4.63. The average molecular weight is 488 g/mol. The summed E-state index contributed by atoms with van der Waals surface area (Å²) in [5.74, 6) is 0.912. The second kappa shape index (κ2) is 12.2. The van der Waals surface area contributed by atoms with E-state index in [4.69, 9.17) is 9.47 Å². The Hall–Kier alpha value is -3.84. The number of amides is 1. The van der Waals surface area contributed by atoms with Crippen molar-refractivity contribution in [3.8, 4) is 11.5 Å². The summed E-state index contributed by atoms with van der Waals surface area (Å²) in [4.78, 5) is 29.1. The Bertz CT molecular complexity index is 1250. The number of nitrogens with one attached hydrogen (secondary N) is 2. The van der Waals surface area contributed by atoms with E-state index in [0.29, 0.717) is 24.0 Å². The fraction of sp³-hybridized carbons (Fsp3) is 0.310. The number of aromatic amines is 1. The molecule has 0 atom stereocenters. The predicted octanol–water partition coefficient (Wildman–Crippen LogP) is 4.67. The summed E-state index contributed by atoms with van der Waals surface area (Å²) in [6.45, 7) is 4.90. The summed E-state index contributed by atoms with van der Waals surface area (Å²) >= 11 is 0. The molecule has 1 aliphatic heterocycles. The molecule has 0 radical (unpaired) electrons. The number of benzene rings is 2. The maximum absolute atomic E-state index is 12.2. The molecular formula is C29H33N3O4. The Balaban J connectivity index is 1.17. The van der Waals surface area contributed by atoms with E-state index in [0.717, 1.165) is 38.0 Å². The molecule has 1 aromatic heterocycles. The second-order valence-electron chi connectivity index (χ2n) is 8.92. The molecule has 0 bridgehead atoms. The minimum atomic E-state index is -0.402. The van der Waals surface area contributed by atoms with E-state index in [2.05, 4.69) is 45.7 Å². The molecule has 1 fully saturated rings. The van der Waals surface area contributed by atoms with Crippen molar-refractivity contribution in [1.82, 2.24) is 15.2 Å². The number of esters is 1. The van der Waals surface area contributed by atoms with Crippen LogP contribution in [0.15, 0.2) is 66.9 Å². The number of hydrogen-bond donors (Lipinski definition) is 2. The van der Waals surface area contributed by atoms with Crippen molar-refractivity contribution in [3.05, 3.63) is 78.0 Å². The highest BCUT2D eigenvalue weighted by Crippen LogP contribution is 2.33. The summed E-state index contributed by atoms with van der Waals surface area (Å²) in [6, 6.07) is 13.8. The highest BCUT2D eigenvalue weighted by atomic mass is 16.6. The highest BCUT2D eigenvalue weighted by Gasteiger charge is 2.22. The van der Waals surface area contributed by atoms with Crippen molar-refractivity contribution in [3.63, 3.8) is 0 Å². The molecule has 1 amide bonds. The number of fused-ring (bicyclic) bond motifs is 1. The van der Waals surface area contributed by atoms with Crippen molar-refractivity contribution in [2.45, 2.75) is 25.7 Å². The van der Waals surface area contributed by atoms with Gasteiger partial charge in [-0.1, -0.05) is 42.5 Å². The Kier molecular flexibility index (Phi) is 8.57. The largest absolute Gasteiger partial charge is 0.493 e. The number of likely N-dealkylation sites (tertiary alicyclic amines) is 1. The summed E-state index contributed by atoms with van der Waals surface area (Å²) < 4.78 is 10.4. The molecule has 0 spiro atoms. The zero-order chi connectivity index (χ0) is 25.3. The molecule has 0 unspecified atom stereocenters. The molecule has 4 rings (SSSR count). The number of para-hydroxylation sites is 1. The van der Waals surface area contributed by atoms with Crippen LogP contribution in [0.25, 0.3) is 17.0 Å². The fourth-order valence-electron chi connectivity index (χ4n) is 4.63. The number of allylic oxidation sites excluding steroid dienone is 2. The van der Waals surface area contributed by atoms with Crippen molar-refractivity contribution in [2.24, 2.45) is 0 Å². The number of methoxy groups -OCH3 is 1. The van der Waals surface area contributed by atoms with E-state index < -0.39 is 5.97 Å². The van der Waals surface area contributed by atoms with Gasteiger partial charge >= 0.3 is 5.97 Å². The summed E-state index contributed by atoms with van der Waals surface area (Å²) in [7, 11) is 1.52. The lowest BCUT2D eigenvalue weighted by molar-refractivity contribution is -0.132. The van der Waals surface area contributed by atoms with Crippen LogP contribution in [0.1, 0.15) is 36.8 Å². The number of rotatable bonds is 9. The van der Waals surface area contributed by atoms with E-state index in [1.807, 2.05) is 12.1 Å². The molecular weight excluding hydrogens is 454 g/mol. The average Bonchev–Trinajstić information content (AvgIpc) is 3.32. The lowest BCUT2D eigenvalue weighted by atomic mass is 9.89. The number of H-pyrrole nitrogens is 1. The summed E-state index contributed by atoms with van der Waals surface area (Å²) in [5.41, 5.74) is 3.50. The number of carbonyl (C=O) groups is 2. The van der Waals surface area contributed by atoms with Gasteiger partial charge in [0.25, 0.3) is 0 Å². The van der Waals surface area contributed by atoms with Gasteiger partial charge in [-0.3, -0.25) is 9.59 Å². The molecule has 0 aliphatic carbocycles. The second-order valence-corrected chi connectivity index (χ2v) is 8.92. The van der Waals surface area contributed by atoms with Gasteiger partial charge in [0.1, 0.15) is 0 Å². The van der Waals surface area contributed by atoms with Crippen LogP contribution in [0.2, 0.25) is 0 Å². The Labute approximate surface area is 211 Å². The van der Waals surface area contributed by atoms with Crippen molar-refractivity contribution in [1.29, 1.82) is 0 Å². The number of piperidine rings is 1. The van der Waals surface area contributed by atoms with Gasteiger partial charge in [0, 0.05) is 43.2 Å². The van der Waals surface area contributed by atoms with E-state index in [9.17, 15) is 9.59 Å². The Morgan fingerprint density at radius 1 is 1.11 bits per heavy atom. The van der Waals surface area contributed by atoms with Crippen LogP contribution in [-0.2, 0) is 9.59 Å². The Morgan fingerprint density at radius 2 is 1.92 bits per heavy atom. The van der Waals surface area contributed by atoms with Gasteiger partial charge in [-0.25, -0.2) is 0 Å². The smallest absolute Gasteiger partial charge is 0.308 e. The predicted molar refractivity (Wildman–Crippen MR) is 142 cm³/mol. The van der Waals surface area contributed by atoms with Gasteiger partial charge in [0.15, 0.2) is 11.5 Å². The van der Waals surface area contributed by atoms with Gasteiger partial charge < -0.3 is 24.7 Å². The third kappa shape index (κ3) is 6.64. The van der Waals surface area contributed by atoms with Crippen molar-refractivity contribution < 1.29 is 19.1 Å². The summed E-state index contributed by atoms with van der Waals surface area (Å²) in [5, 5.41) is 4.30. The number of hydrogen-bond acceptors (Lipinski definition) is 5. The SMILES string of the molecule is COc1cc(/C=C/C=C/C(=O)NCCN2CCC(c3c[nH]c4ccccc34)CC2)ccc1OC(C)=O. The number of nitrogens with zero attached hydrogens (tertiary/aromatic N) is 1. The van der Waals surface area contributed by atoms with Crippen LogP contribution in [-0.4, -0.2) is 55.0 Å². The zero-order valence-corrected chi connectivity index (χ0v) is 20.8. The van der Waals surface area contributed by atoms with E-state index in [-0.39, 0.29) is 5.91 Å². The molecule has 2 aromatic carbocycles. The van der Waals surface area contributed by atoms with E-state index in [1.165, 1.54) is 36.6 Å². The van der Waals surface area contributed by atoms with E-state index >= 15 is 0 Å². The van der Waals surface area contributed by atoms with Crippen LogP contribution in [0.4, 0.5) is 0 Å². The lowest BCUT2D eigenvalue weighted by Gasteiger charge is -2.31. The van der Waals surface area contributed by atoms with Gasteiger partial charge in [-0.05, 0) is 61.2 Å². The third-order valence-electron chi connectivity index (χ3n) is 6.46. The molecule has 1 saturated heterocycles. The quantitative estimate of drug-likeness (QED) is 0.198. The lowest BCUT2D eigenvalue weighted by Crippen LogP contribution is -2.38. The molecule has 1 aliphatic rings. The minimum absolute atomic E-state index is 0.115. The first-order chi connectivity index (χ1) is 17.5. The first-order valence-electron chi connectivity index (χ1n) is 12.3. The van der Waals surface area contributed by atoms with E-state index in [1.54, 1.807) is 24.3 Å². The first-order valence-corrected chi connectivity index (χ1v) is 12.3. The van der Waals surface area contributed by atoms with Gasteiger partial charge in [0.05, 0.1) is 7.11 Å². The van der Waals surface area contributed by atoms with Crippen molar-refractivity contribution in [2.75, 3.05) is 33.3 Å². The van der Waals surface area contributed by atoms with Crippen LogP contribution in [0.3, 0.4) is 0 Å². The normalized spacial score (nSPS) is 15.1. The molecule has 3 aromatic rings. The van der Waals surface area contributed by atoms with Gasteiger partial charge in [0.2, 0.25) is 5.91 Å².